The second kappa shape index (κ2) is 6.40. The molecule has 1 saturated heterocycles. The molecule has 2 fully saturated rings. The molecule has 2 heterocycles. The molecular formula is C19H23N3O2. The van der Waals surface area contributed by atoms with Gasteiger partial charge in [-0.15, -0.1) is 0 Å². The second-order valence-corrected chi connectivity index (χ2v) is 6.93. The number of aromatic amines is 1. The maximum absolute atomic E-state index is 12.8. The Labute approximate surface area is 141 Å². The van der Waals surface area contributed by atoms with Crippen LogP contribution in [0.5, 0.6) is 0 Å². The average Bonchev–Trinajstić information content (AvgIpc) is 3.03. The van der Waals surface area contributed by atoms with Gasteiger partial charge in [0.15, 0.2) is 0 Å². The highest BCUT2D eigenvalue weighted by molar-refractivity contribution is 6.22. The molecule has 5 nitrogen and oxygen atoms in total. The Bertz CT molecular complexity index is 759. The molecule has 2 aliphatic rings. The third kappa shape index (κ3) is 2.84. The summed E-state index contributed by atoms with van der Waals surface area (Å²) in [6.45, 7) is 0. The van der Waals surface area contributed by atoms with Crippen LogP contribution in [0, 0.1) is 0 Å². The van der Waals surface area contributed by atoms with Gasteiger partial charge in [-0.1, -0.05) is 31.7 Å². The van der Waals surface area contributed by atoms with Crippen molar-refractivity contribution in [2.24, 2.45) is 0 Å². The summed E-state index contributed by atoms with van der Waals surface area (Å²) in [7, 11) is 0. The van der Waals surface area contributed by atoms with Gasteiger partial charge in [0.25, 0.3) is 5.91 Å². The van der Waals surface area contributed by atoms with E-state index in [1.165, 1.54) is 30.6 Å². The van der Waals surface area contributed by atoms with Gasteiger partial charge in [0, 0.05) is 17.8 Å². The van der Waals surface area contributed by atoms with Crippen LogP contribution in [0.25, 0.3) is 10.9 Å². The molecule has 1 atom stereocenters. The number of nitrogens with one attached hydrogen (secondary N) is 2. The summed E-state index contributed by atoms with van der Waals surface area (Å²) in [4.78, 5) is 29.7. The lowest BCUT2D eigenvalue weighted by Gasteiger charge is -2.21. The summed E-state index contributed by atoms with van der Waals surface area (Å²) < 4.78 is 0. The molecule has 1 aliphatic carbocycles. The summed E-state index contributed by atoms with van der Waals surface area (Å²) in [6, 6.07) is 7.62. The molecule has 0 unspecified atom stereocenters. The number of carbonyl (C=O) groups is 2. The first kappa shape index (κ1) is 15.4. The van der Waals surface area contributed by atoms with Crippen molar-refractivity contribution in [2.45, 2.75) is 57.0 Å². The van der Waals surface area contributed by atoms with E-state index in [0.717, 1.165) is 23.7 Å². The van der Waals surface area contributed by atoms with Crippen molar-refractivity contribution in [1.82, 2.24) is 10.3 Å². The minimum absolute atomic E-state index is 0.114. The van der Waals surface area contributed by atoms with Gasteiger partial charge < -0.3 is 10.3 Å². The van der Waals surface area contributed by atoms with Crippen LogP contribution in [0.2, 0.25) is 0 Å². The summed E-state index contributed by atoms with van der Waals surface area (Å²) in [5.41, 5.74) is 1.60. The first-order valence-electron chi connectivity index (χ1n) is 8.92. The summed E-state index contributed by atoms with van der Waals surface area (Å²) in [6.07, 6.45) is 9.30. The van der Waals surface area contributed by atoms with Crippen molar-refractivity contribution in [3.8, 4) is 0 Å². The Kier molecular flexibility index (Phi) is 4.10. The standard InChI is InChI=1S/C19H23N3O2/c23-18-12-17(21-14-5-3-1-2-4-6-14)19(24)22(18)15-8-7-13-9-10-20-16(13)11-15/h7-11,14,17,20-21H,1-6,12H2/t17-/m0/s1. The highest BCUT2D eigenvalue weighted by Crippen LogP contribution is 2.27. The van der Waals surface area contributed by atoms with Crippen LogP contribution in [-0.4, -0.2) is 28.9 Å². The average molecular weight is 325 g/mol. The number of aromatic nitrogens is 1. The van der Waals surface area contributed by atoms with Gasteiger partial charge in [0.05, 0.1) is 18.2 Å². The minimum Gasteiger partial charge on any atom is -0.361 e. The topological polar surface area (TPSA) is 65.2 Å². The van der Waals surface area contributed by atoms with Crippen molar-refractivity contribution < 1.29 is 9.59 Å². The maximum Gasteiger partial charge on any atom is 0.251 e. The van der Waals surface area contributed by atoms with Crippen molar-refractivity contribution >= 4 is 28.4 Å². The number of fused-ring (bicyclic) bond motifs is 1. The number of amides is 2. The molecule has 0 radical (unpaired) electrons. The van der Waals surface area contributed by atoms with Crippen LogP contribution in [0.4, 0.5) is 5.69 Å². The molecule has 4 rings (SSSR count). The molecule has 0 bridgehead atoms. The zero-order valence-corrected chi connectivity index (χ0v) is 13.8. The summed E-state index contributed by atoms with van der Waals surface area (Å²) in [5.74, 6) is -0.229. The fourth-order valence-corrected chi connectivity index (χ4v) is 3.94. The molecule has 1 saturated carbocycles. The van der Waals surface area contributed by atoms with Gasteiger partial charge in [-0.2, -0.15) is 0 Å². The monoisotopic (exact) mass is 325 g/mol. The molecule has 2 aromatic rings. The van der Waals surface area contributed by atoms with Gasteiger partial charge >= 0.3 is 0 Å². The number of nitrogens with zero attached hydrogens (tertiary/aromatic N) is 1. The van der Waals surface area contributed by atoms with Crippen molar-refractivity contribution in [3.63, 3.8) is 0 Å². The van der Waals surface area contributed by atoms with Crippen molar-refractivity contribution in [2.75, 3.05) is 4.90 Å². The molecular weight excluding hydrogens is 302 g/mol. The number of anilines is 1. The highest BCUT2D eigenvalue weighted by atomic mass is 16.2. The number of carbonyl (C=O) groups excluding carboxylic acids is 2. The number of hydrogen-bond acceptors (Lipinski definition) is 3. The van der Waals surface area contributed by atoms with Crippen molar-refractivity contribution in [1.29, 1.82) is 0 Å². The zero-order chi connectivity index (χ0) is 16.5. The molecule has 1 aromatic heterocycles. The molecule has 126 valence electrons. The second-order valence-electron chi connectivity index (χ2n) is 6.93. The quantitative estimate of drug-likeness (QED) is 0.673. The van der Waals surface area contributed by atoms with E-state index < -0.39 is 0 Å². The molecule has 1 aromatic carbocycles. The van der Waals surface area contributed by atoms with E-state index in [-0.39, 0.29) is 24.3 Å². The number of H-pyrrole nitrogens is 1. The van der Waals surface area contributed by atoms with E-state index in [9.17, 15) is 9.59 Å². The first-order valence-corrected chi connectivity index (χ1v) is 8.92. The van der Waals surface area contributed by atoms with E-state index >= 15 is 0 Å². The maximum atomic E-state index is 12.8. The normalized spacial score (nSPS) is 23.2. The predicted molar refractivity (Wildman–Crippen MR) is 93.8 cm³/mol. The third-order valence-corrected chi connectivity index (χ3v) is 5.24. The van der Waals surface area contributed by atoms with Gasteiger partial charge in [0.1, 0.15) is 0 Å². The lowest BCUT2D eigenvalue weighted by molar-refractivity contribution is -0.121. The number of imide groups is 1. The predicted octanol–water partition coefficient (Wildman–Crippen LogP) is 3.11. The van der Waals surface area contributed by atoms with Crippen LogP contribution >= 0.6 is 0 Å². The van der Waals surface area contributed by atoms with Gasteiger partial charge in [-0.25, -0.2) is 4.90 Å². The highest BCUT2D eigenvalue weighted by Gasteiger charge is 2.40. The van der Waals surface area contributed by atoms with E-state index in [1.807, 2.05) is 30.5 Å². The van der Waals surface area contributed by atoms with Gasteiger partial charge in [0.2, 0.25) is 5.91 Å². The third-order valence-electron chi connectivity index (χ3n) is 5.24. The molecule has 2 N–H and O–H groups in total. The van der Waals surface area contributed by atoms with Gasteiger partial charge in [-0.05, 0) is 36.4 Å². The first-order chi connectivity index (χ1) is 11.7. The lowest BCUT2D eigenvalue weighted by Crippen LogP contribution is -2.43. The number of benzene rings is 1. The Balaban J connectivity index is 1.52. The Morgan fingerprint density at radius 1 is 1.04 bits per heavy atom. The van der Waals surface area contributed by atoms with Crippen LogP contribution in [0.15, 0.2) is 30.5 Å². The van der Waals surface area contributed by atoms with Crippen LogP contribution < -0.4 is 10.2 Å². The molecule has 5 heteroatoms. The fourth-order valence-electron chi connectivity index (χ4n) is 3.94. The van der Waals surface area contributed by atoms with Crippen LogP contribution in [0.3, 0.4) is 0 Å². The molecule has 2 amide bonds. The fraction of sp³-hybridized carbons (Fsp3) is 0.474. The van der Waals surface area contributed by atoms with E-state index in [0.29, 0.717) is 11.7 Å². The van der Waals surface area contributed by atoms with Crippen LogP contribution in [-0.2, 0) is 9.59 Å². The number of rotatable bonds is 3. The molecule has 24 heavy (non-hydrogen) atoms. The summed E-state index contributed by atoms with van der Waals surface area (Å²) in [5, 5.41) is 4.53. The van der Waals surface area contributed by atoms with Crippen molar-refractivity contribution in [3.05, 3.63) is 30.5 Å². The van der Waals surface area contributed by atoms with E-state index in [2.05, 4.69) is 10.3 Å². The Hall–Kier alpha value is -2.14. The number of hydrogen-bond donors (Lipinski definition) is 2. The molecule has 1 aliphatic heterocycles. The SMILES string of the molecule is O=C1C[C@H](NC2CCCCCC2)C(=O)N1c1ccc2cc[nH]c2c1. The summed E-state index contributed by atoms with van der Waals surface area (Å²) >= 11 is 0. The smallest absolute Gasteiger partial charge is 0.251 e. The minimum atomic E-state index is -0.375. The van der Waals surface area contributed by atoms with Gasteiger partial charge in [-0.3, -0.25) is 9.59 Å². The largest absolute Gasteiger partial charge is 0.361 e. The Morgan fingerprint density at radius 2 is 1.83 bits per heavy atom. The van der Waals surface area contributed by atoms with E-state index in [1.54, 1.807) is 0 Å². The Morgan fingerprint density at radius 3 is 2.62 bits per heavy atom. The molecule has 0 spiro atoms. The zero-order valence-electron chi connectivity index (χ0n) is 13.8. The van der Waals surface area contributed by atoms with Crippen LogP contribution in [0.1, 0.15) is 44.9 Å². The lowest BCUT2D eigenvalue weighted by atomic mass is 10.1. The van der Waals surface area contributed by atoms with E-state index in [4.69, 9.17) is 0 Å².